The van der Waals surface area contributed by atoms with Crippen molar-refractivity contribution in [1.29, 1.82) is 0 Å². The third kappa shape index (κ3) is 24.4. The summed E-state index contributed by atoms with van der Waals surface area (Å²) in [5.74, 6) is -0.218. The second-order valence-corrected chi connectivity index (χ2v) is 18.3. The van der Waals surface area contributed by atoms with E-state index in [1.165, 1.54) is 96.3 Å². The van der Waals surface area contributed by atoms with Crippen molar-refractivity contribution in [3.8, 4) is 0 Å². The van der Waals surface area contributed by atoms with Gasteiger partial charge in [-0.25, -0.2) is 0 Å². The van der Waals surface area contributed by atoms with Crippen molar-refractivity contribution in [3.63, 3.8) is 0 Å². The van der Waals surface area contributed by atoms with Gasteiger partial charge >= 0.3 is 0 Å². The number of carbonyl (C=O) groups excluding carboxylic acids is 1. The molecule has 0 spiro atoms. The van der Waals surface area contributed by atoms with E-state index in [0.29, 0.717) is 19.3 Å². The van der Waals surface area contributed by atoms with E-state index in [4.69, 9.17) is 18.9 Å². The summed E-state index contributed by atoms with van der Waals surface area (Å²) in [4.78, 5) is 13.1. The van der Waals surface area contributed by atoms with Crippen LogP contribution in [0, 0.1) is 0 Å². The number of nitrogens with one attached hydrogen (secondary N) is 1. The highest BCUT2D eigenvalue weighted by molar-refractivity contribution is 5.76. The smallest absolute Gasteiger partial charge is 0.220 e. The van der Waals surface area contributed by atoms with E-state index in [1.54, 1.807) is 0 Å². The van der Waals surface area contributed by atoms with Gasteiger partial charge in [0, 0.05) is 6.42 Å². The zero-order valence-electron chi connectivity index (χ0n) is 39.3. The Hall–Kier alpha value is -1.27. The zero-order valence-corrected chi connectivity index (χ0v) is 39.3. The molecule has 2 aliphatic heterocycles. The van der Waals surface area contributed by atoms with Crippen LogP contribution in [0.3, 0.4) is 0 Å². The molecule has 2 heterocycles. The molecule has 2 aliphatic rings. The van der Waals surface area contributed by atoms with E-state index in [-0.39, 0.29) is 12.5 Å². The Kier molecular flexibility index (Phi) is 33.8. The highest BCUT2D eigenvalue weighted by Crippen LogP contribution is 2.30. The number of carbonyl (C=O) groups is 1. The molecule has 0 radical (unpaired) electrons. The van der Waals surface area contributed by atoms with Gasteiger partial charge in [-0.2, -0.15) is 0 Å². The van der Waals surface area contributed by atoms with E-state index in [2.05, 4.69) is 31.3 Å². The van der Waals surface area contributed by atoms with E-state index in [9.17, 15) is 45.6 Å². The van der Waals surface area contributed by atoms with Crippen LogP contribution in [0.25, 0.3) is 0 Å². The second-order valence-electron chi connectivity index (χ2n) is 18.3. The Morgan fingerprint density at radius 3 is 1.57 bits per heavy atom. The Labute approximate surface area is 380 Å². The molecule has 0 aromatic carbocycles. The van der Waals surface area contributed by atoms with Crippen LogP contribution in [0.2, 0.25) is 0 Å². The molecule has 63 heavy (non-hydrogen) atoms. The molecule has 2 rings (SSSR count). The number of aliphatic hydroxyl groups excluding tert-OH is 8. The van der Waals surface area contributed by atoms with Crippen LogP contribution in [0.4, 0.5) is 0 Å². The van der Waals surface area contributed by atoms with Crippen molar-refractivity contribution in [1.82, 2.24) is 5.32 Å². The number of rotatable bonds is 39. The number of ether oxygens (including phenoxy) is 4. The standard InChI is InChI=1S/C49H93NO13/c1-3-5-7-9-11-13-15-16-17-18-19-20-21-22-23-24-26-28-30-32-38(53)37(50-41(54)33-31-29-27-25-14-12-10-8-6-4-2)36-60-48-46(59)44(57)47(40(35-52)62-48)63-49-45(58)43(56)42(55)39(34-51)61-49/h8,10,37-40,42-49,51-53,55-59H,3-7,9,11-36H2,1-2H3,(H,50,54)/b10-8-. The highest BCUT2D eigenvalue weighted by Gasteiger charge is 2.51. The Bertz CT molecular complexity index is 1120. The van der Waals surface area contributed by atoms with Gasteiger partial charge in [0.15, 0.2) is 12.6 Å². The van der Waals surface area contributed by atoms with Crippen LogP contribution in [-0.4, -0.2) is 140 Å². The summed E-state index contributed by atoms with van der Waals surface area (Å²) in [7, 11) is 0. The molecule has 0 aliphatic carbocycles. The third-order valence-electron chi connectivity index (χ3n) is 12.7. The minimum atomic E-state index is -1.78. The number of hydrogen-bond acceptors (Lipinski definition) is 13. The predicted molar refractivity (Wildman–Crippen MR) is 245 cm³/mol. The molecule has 1 amide bonds. The Balaban J connectivity index is 1.80. The Morgan fingerprint density at radius 1 is 0.556 bits per heavy atom. The monoisotopic (exact) mass is 904 g/mol. The molecule has 372 valence electrons. The van der Waals surface area contributed by atoms with Crippen molar-refractivity contribution in [3.05, 3.63) is 12.2 Å². The van der Waals surface area contributed by atoms with E-state index in [1.807, 2.05) is 0 Å². The number of unbranched alkanes of at least 4 members (excludes halogenated alkanes) is 24. The minimum absolute atomic E-state index is 0.218. The van der Waals surface area contributed by atoms with Gasteiger partial charge < -0.3 is 65.1 Å². The SMILES string of the molecule is CCC/C=C\CCCCCCCC(=O)NC(COC1OC(CO)C(OC2OC(CO)C(O)C(O)C2O)C(O)C1O)C(O)CCCCCCCCCCCCCCCCCCCCC. The number of allylic oxidation sites excluding steroid dienone is 2. The number of amides is 1. The van der Waals surface area contributed by atoms with Gasteiger partial charge in [0.25, 0.3) is 0 Å². The van der Waals surface area contributed by atoms with Crippen LogP contribution in [0.5, 0.6) is 0 Å². The van der Waals surface area contributed by atoms with E-state index in [0.717, 1.165) is 70.6 Å². The molecule has 0 bridgehead atoms. The topological polar surface area (TPSA) is 228 Å². The van der Waals surface area contributed by atoms with Gasteiger partial charge in [-0.05, 0) is 32.1 Å². The highest BCUT2D eigenvalue weighted by atomic mass is 16.7. The molecule has 12 unspecified atom stereocenters. The third-order valence-corrected chi connectivity index (χ3v) is 12.7. The largest absolute Gasteiger partial charge is 0.394 e. The van der Waals surface area contributed by atoms with E-state index >= 15 is 0 Å². The van der Waals surface area contributed by atoms with Crippen molar-refractivity contribution < 1.29 is 64.6 Å². The zero-order chi connectivity index (χ0) is 46.1. The lowest BCUT2D eigenvalue weighted by molar-refractivity contribution is -0.359. The van der Waals surface area contributed by atoms with Gasteiger partial charge in [-0.3, -0.25) is 4.79 Å². The summed E-state index contributed by atoms with van der Waals surface area (Å²) in [6.07, 6.45) is 20.8. The van der Waals surface area contributed by atoms with Crippen molar-refractivity contribution in [2.75, 3.05) is 19.8 Å². The molecule has 14 heteroatoms. The van der Waals surface area contributed by atoms with Crippen molar-refractivity contribution in [2.45, 2.75) is 274 Å². The second kappa shape index (κ2) is 36.8. The lowest BCUT2D eigenvalue weighted by atomic mass is 9.97. The molecule has 0 saturated carbocycles. The summed E-state index contributed by atoms with van der Waals surface area (Å²) in [6, 6.07) is -0.827. The van der Waals surface area contributed by atoms with Crippen LogP contribution in [0.15, 0.2) is 12.2 Å². The first-order chi connectivity index (χ1) is 30.6. The summed E-state index contributed by atoms with van der Waals surface area (Å²) in [6.45, 7) is 2.78. The maximum absolute atomic E-state index is 13.1. The lowest BCUT2D eigenvalue weighted by Gasteiger charge is -2.46. The van der Waals surface area contributed by atoms with Crippen LogP contribution in [-0.2, 0) is 23.7 Å². The first-order valence-electron chi connectivity index (χ1n) is 25.4. The van der Waals surface area contributed by atoms with Gasteiger partial charge in [0.05, 0.1) is 32.0 Å². The fraction of sp³-hybridized carbons (Fsp3) is 0.939. The maximum Gasteiger partial charge on any atom is 0.220 e. The minimum Gasteiger partial charge on any atom is -0.394 e. The molecule has 2 saturated heterocycles. The molecular weight excluding hydrogens is 811 g/mol. The summed E-state index contributed by atoms with van der Waals surface area (Å²) in [5.41, 5.74) is 0. The molecule has 0 aromatic rings. The normalized spacial score (nSPS) is 27.5. The molecule has 12 atom stereocenters. The van der Waals surface area contributed by atoms with Gasteiger partial charge in [-0.1, -0.05) is 174 Å². The Morgan fingerprint density at radius 2 is 1.03 bits per heavy atom. The summed E-state index contributed by atoms with van der Waals surface area (Å²) >= 11 is 0. The van der Waals surface area contributed by atoms with Crippen molar-refractivity contribution in [2.24, 2.45) is 0 Å². The maximum atomic E-state index is 13.1. The average molecular weight is 904 g/mol. The number of aliphatic hydroxyl groups is 8. The molecular formula is C49H93NO13. The van der Waals surface area contributed by atoms with Gasteiger partial charge in [-0.15, -0.1) is 0 Å². The van der Waals surface area contributed by atoms with Crippen LogP contribution < -0.4 is 5.32 Å². The molecule has 2 fully saturated rings. The van der Waals surface area contributed by atoms with Crippen LogP contribution >= 0.6 is 0 Å². The average Bonchev–Trinajstić information content (AvgIpc) is 3.28. The summed E-state index contributed by atoms with van der Waals surface area (Å²) in [5, 5.41) is 86.8. The predicted octanol–water partition coefficient (Wildman–Crippen LogP) is 6.38. The molecule has 14 nitrogen and oxygen atoms in total. The van der Waals surface area contributed by atoms with Gasteiger partial charge in [0.2, 0.25) is 5.91 Å². The van der Waals surface area contributed by atoms with E-state index < -0.39 is 86.8 Å². The fourth-order valence-electron chi connectivity index (χ4n) is 8.53. The summed E-state index contributed by atoms with van der Waals surface area (Å²) < 4.78 is 22.7. The molecule has 9 N–H and O–H groups in total. The van der Waals surface area contributed by atoms with Crippen LogP contribution in [0.1, 0.15) is 200 Å². The fourth-order valence-corrected chi connectivity index (χ4v) is 8.53. The van der Waals surface area contributed by atoms with Gasteiger partial charge in [0.1, 0.15) is 48.8 Å². The lowest BCUT2D eigenvalue weighted by Crippen LogP contribution is -2.65. The molecule has 0 aromatic heterocycles. The number of hydrogen-bond donors (Lipinski definition) is 9. The first kappa shape index (κ1) is 57.9. The van der Waals surface area contributed by atoms with Crippen molar-refractivity contribution >= 4 is 5.91 Å². The first-order valence-corrected chi connectivity index (χ1v) is 25.4. The quantitative estimate of drug-likeness (QED) is 0.0241.